The van der Waals surface area contributed by atoms with Crippen LogP contribution in [0.5, 0.6) is 0 Å². The van der Waals surface area contributed by atoms with Gasteiger partial charge in [0, 0.05) is 70.1 Å². The van der Waals surface area contributed by atoms with E-state index in [1.165, 1.54) is 137 Å². The first-order chi connectivity index (χ1) is 33.0. The molecule has 0 saturated heterocycles. The van der Waals surface area contributed by atoms with Crippen molar-refractivity contribution in [2.75, 3.05) is 4.81 Å². The van der Waals surface area contributed by atoms with Crippen molar-refractivity contribution in [2.24, 2.45) is 0 Å². The second kappa shape index (κ2) is 13.6. The first-order valence-electron chi connectivity index (χ1n) is 23.5. The Morgan fingerprint density at radius 2 is 1.07 bits per heavy atom. The van der Waals surface area contributed by atoms with Crippen LogP contribution in [0.2, 0.25) is 0 Å². The van der Waals surface area contributed by atoms with E-state index in [9.17, 15) is 0 Å². The molecule has 3 aliphatic rings. The number of benzene rings is 10. The highest BCUT2D eigenvalue weighted by atomic mass is 32.1. The van der Waals surface area contributed by atoms with Gasteiger partial charge in [0.15, 0.2) is 0 Å². The average Bonchev–Trinajstić information content (AvgIpc) is 4.01. The van der Waals surface area contributed by atoms with Crippen molar-refractivity contribution >= 4 is 82.5 Å². The summed E-state index contributed by atoms with van der Waals surface area (Å²) >= 11 is 1.95. The third-order valence-corrected chi connectivity index (χ3v) is 16.5. The third-order valence-electron chi connectivity index (χ3n) is 15.3. The molecule has 312 valence electrons. The van der Waals surface area contributed by atoms with Gasteiger partial charge in [-0.25, -0.2) is 0 Å². The Bertz CT molecular complexity index is 4050. The molecule has 0 fully saturated rings. The van der Waals surface area contributed by atoms with E-state index in [4.69, 9.17) is 0 Å². The lowest BCUT2D eigenvalue weighted by atomic mass is 9.43. The zero-order chi connectivity index (χ0) is 44.1. The van der Waals surface area contributed by atoms with E-state index in [1.54, 1.807) is 0 Å². The van der Waals surface area contributed by atoms with Gasteiger partial charge in [-0.2, -0.15) is 0 Å². The van der Waals surface area contributed by atoms with E-state index in [0.29, 0.717) is 0 Å². The van der Waals surface area contributed by atoms with E-state index in [0.717, 1.165) is 0 Å². The molecular weight excluding hydrogens is 828 g/mol. The van der Waals surface area contributed by atoms with Crippen LogP contribution < -0.4 is 15.7 Å². The van der Waals surface area contributed by atoms with Gasteiger partial charge in [0.05, 0.1) is 11.0 Å². The molecule has 0 bridgehead atoms. The number of hydrogen-bond donors (Lipinski definition) is 0. The van der Waals surface area contributed by atoms with Crippen molar-refractivity contribution < 1.29 is 0 Å². The molecule has 0 unspecified atom stereocenters. The molecule has 0 spiro atoms. The minimum atomic E-state index is -0.172. The summed E-state index contributed by atoms with van der Waals surface area (Å²) in [5.41, 5.74) is 24.2. The zero-order valence-electron chi connectivity index (χ0n) is 37.1. The van der Waals surface area contributed by atoms with Crippen LogP contribution in [-0.4, -0.2) is 11.4 Å². The largest absolute Gasteiger partial charge is 0.376 e. The van der Waals surface area contributed by atoms with Crippen LogP contribution in [-0.2, 0) is 5.41 Å². The number of anilines is 2. The summed E-state index contributed by atoms with van der Waals surface area (Å²) < 4.78 is 5.32. The number of hydrogen-bond acceptors (Lipinski definition) is 2. The fourth-order valence-corrected chi connectivity index (χ4v) is 13.6. The lowest BCUT2D eigenvalue weighted by Gasteiger charge is -2.43. The smallest absolute Gasteiger partial charge is 0.333 e. The van der Waals surface area contributed by atoms with Crippen LogP contribution in [0.1, 0.15) is 25.0 Å². The number of nitrogens with zero attached hydrogens (tertiary/aromatic N) is 2. The molecule has 4 heterocycles. The van der Waals surface area contributed by atoms with Gasteiger partial charge in [-0.3, -0.25) is 0 Å². The molecule has 1 aliphatic carbocycles. The van der Waals surface area contributed by atoms with E-state index >= 15 is 0 Å². The Kier molecular flexibility index (Phi) is 7.56. The highest BCUT2D eigenvalue weighted by Crippen LogP contribution is 2.59. The van der Waals surface area contributed by atoms with Crippen molar-refractivity contribution in [1.29, 1.82) is 0 Å². The highest BCUT2D eigenvalue weighted by molar-refractivity contribution is 7.26. The molecule has 0 radical (unpaired) electrons. The minimum absolute atomic E-state index is 0.145. The normalized spacial score (nSPS) is 13.9. The van der Waals surface area contributed by atoms with Gasteiger partial charge < -0.3 is 9.38 Å². The second-order valence-electron chi connectivity index (χ2n) is 19.2. The number of fused-ring (bicyclic) bond motifs is 15. The van der Waals surface area contributed by atoms with E-state index < -0.39 is 0 Å². The highest BCUT2D eigenvalue weighted by Gasteiger charge is 2.48. The zero-order valence-corrected chi connectivity index (χ0v) is 37.9. The summed E-state index contributed by atoms with van der Waals surface area (Å²) in [6.07, 6.45) is 0. The molecule has 2 aromatic heterocycles. The maximum Gasteiger partial charge on any atom is 0.333 e. The van der Waals surface area contributed by atoms with Gasteiger partial charge in [0.2, 0.25) is 0 Å². The van der Waals surface area contributed by atoms with Crippen LogP contribution >= 0.6 is 11.3 Å². The van der Waals surface area contributed by atoms with Crippen LogP contribution in [0.4, 0.5) is 11.4 Å². The summed E-state index contributed by atoms with van der Waals surface area (Å²) in [7, 11) is 0. The first kappa shape index (κ1) is 37.3. The lowest BCUT2D eigenvalue weighted by Crippen LogP contribution is -2.60. The number of thiophene rings is 1. The summed E-state index contributed by atoms with van der Waals surface area (Å²) in [6, 6.07) is 80.0. The fourth-order valence-electron chi connectivity index (χ4n) is 12.3. The van der Waals surface area contributed by atoms with E-state index in [1.807, 2.05) is 11.3 Å². The monoisotopic (exact) mass is 868 g/mol. The molecule has 0 amide bonds. The van der Waals surface area contributed by atoms with Crippen LogP contribution in [0.15, 0.2) is 212 Å². The van der Waals surface area contributed by atoms with Crippen LogP contribution in [0.3, 0.4) is 0 Å². The van der Waals surface area contributed by atoms with Gasteiger partial charge in [-0.15, -0.1) is 11.3 Å². The molecule has 0 atom stereocenters. The molecule has 15 rings (SSSR count). The molecule has 4 heteroatoms. The van der Waals surface area contributed by atoms with Gasteiger partial charge in [0.1, 0.15) is 0 Å². The Labute approximate surface area is 393 Å². The van der Waals surface area contributed by atoms with E-state index in [2.05, 4.69) is 236 Å². The van der Waals surface area contributed by atoms with Gasteiger partial charge in [0.25, 0.3) is 0 Å². The quantitative estimate of drug-likeness (QED) is 0.160. The molecule has 0 saturated carbocycles. The summed E-state index contributed by atoms with van der Waals surface area (Å²) in [6.45, 7) is 4.68. The Balaban J connectivity index is 1.14. The topological polar surface area (TPSA) is 8.17 Å². The Morgan fingerprint density at radius 3 is 1.84 bits per heavy atom. The van der Waals surface area contributed by atoms with Crippen molar-refractivity contribution in [1.82, 2.24) is 4.57 Å². The average molecular weight is 869 g/mol. The summed E-state index contributed by atoms with van der Waals surface area (Å²) in [4.78, 5) is 2.76. The van der Waals surface area contributed by atoms with Crippen molar-refractivity contribution in [3.8, 4) is 61.3 Å². The molecule has 12 aromatic rings. The Morgan fingerprint density at radius 1 is 0.448 bits per heavy atom. The van der Waals surface area contributed by atoms with Crippen LogP contribution in [0, 0.1) is 0 Å². The molecule has 10 aromatic carbocycles. The predicted molar refractivity (Wildman–Crippen MR) is 287 cm³/mol. The lowest BCUT2D eigenvalue weighted by molar-refractivity contribution is 0.660. The van der Waals surface area contributed by atoms with Gasteiger partial charge in [-0.1, -0.05) is 184 Å². The molecule has 2 nitrogen and oxygen atoms in total. The molecular formula is C63H41BN2S. The maximum atomic E-state index is 2.76. The van der Waals surface area contributed by atoms with Gasteiger partial charge >= 0.3 is 6.85 Å². The summed E-state index contributed by atoms with van der Waals surface area (Å²) in [5, 5.41) is 5.18. The standard InChI is InChI=1S/C63H41BN2S/c1-63(2)51-24-14-12-23-46(51)57-52(63)32-31-47-58-59-55(37-50-45-22-13-15-25-56(45)67-62(50)58)65-54-33-28-42(39-18-8-4-9-19-39)34-48(54)49-35-43(40-20-10-5-11-21-40)36-53(60(49)65)64(59)66(61(47)57)44-29-26-41(27-30-44)38-16-6-3-7-17-38/h3-37H,1-2H3. The third kappa shape index (κ3) is 5.06. The van der Waals surface area contributed by atoms with Crippen molar-refractivity contribution in [2.45, 2.75) is 19.3 Å². The molecule has 67 heavy (non-hydrogen) atoms. The first-order valence-corrected chi connectivity index (χ1v) is 24.3. The number of aromatic nitrogens is 1. The predicted octanol–water partition coefficient (Wildman–Crippen LogP) is 15.7. The van der Waals surface area contributed by atoms with Gasteiger partial charge in [-0.05, 0) is 103 Å². The van der Waals surface area contributed by atoms with E-state index in [-0.39, 0.29) is 12.3 Å². The van der Waals surface area contributed by atoms with Crippen molar-refractivity contribution in [3.63, 3.8) is 0 Å². The summed E-state index contributed by atoms with van der Waals surface area (Å²) in [5.74, 6) is 0. The number of rotatable bonds is 4. The molecule has 0 N–H and O–H groups in total. The van der Waals surface area contributed by atoms with Crippen molar-refractivity contribution in [3.05, 3.63) is 223 Å². The minimum Gasteiger partial charge on any atom is -0.376 e. The fraction of sp³-hybridized carbons (Fsp3) is 0.0476. The maximum absolute atomic E-state index is 2.76. The molecule has 2 aliphatic heterocycles. The second-order valence-corrected chi connectivity index (χ2v) is 20.2. The Hall–Kier alpha value is -7.92. The van der Waals surface area contributed by atoms with Crippen LogP contribution in [0.25, 0.3) is 103 Å². The SMILES string of the molecule is CC1(C)c2ccccc2-c2c1ccc1c2N(c2ccc(-c3ccccc3)cc2)B2c3c(cc4c(sc5ccccc54)c3-1)-n1c3ccc(-c4ccccc4)cc3c3cc(-c4ccccc4)cc2c31.